The first-order valence-electron chi connectivity index (χ1n) is 11.8. The molecule has 0 aliphatic rings. The van der Waals surface area contributed by atoms with E-state index in [4.69, 9.17) is 0 Å². The van der Waals surface area contributed by atoms with Crippen molar-refractivity contribution in [3.8, 4) is 11.4 Å². The van der Waals surface area contributed by atoms with Crippen LogP contribution in [-0.4, -0.2) is 20.1 Å². The molecule has 2 aromatic carbocycles. The van der Waals surface area contributed by atoms with Crippen molar-refractivity contribution in [2.24, 2.45) is 0 Å². The Hall–Kier alpha value is -2.36. The second kappa shape index (κ2) is 11.7. The summed E-state index contributed by atoms with van der Waals surface area (Å²) in [5.41, 5.74) is 4.48. The number of phenolic OH excluding ortho intramolecular Hbond substituents is 1. The van der Waals surface area contributed by atoms with Crippen molar-refractivity contribution < 1.29 is 5.11 Å². The number of unbranched alkanes of at least 4 members (excludes halogenated alkanes) is 10. The van der Waals surface area contributed by atoms with Gasteiger partial charge in [-0.25, -0.2) is 0 Å². The number of benzene rings is 2. The highest BCUT2D eigenvalue weighted by molar-refractivity contribution is 5.73. The average Bonchev–Trinajstić information content (AvgIpc) is 3.18. The van der Waals surface area contributed by atoms with Gasteiger partial charge in [0.15, 0.2) is 0 Å². The first-order valence-corrected chi connectivity index (χ1v) is 11.8. The molecular formula is C26H37N3O. The molecule has 0 saturated carbocycles. The normalized spacial score (nSPS) is 11.4. The minimum Gasteiger partial charge on any atom is -0.505 e. The summed E-state index contributed by atoms with van der Waals surface area (Å²) in [4.78, 5) is 1.57. The molecule has 1 heterocycles. The molecule has 0 spiro atoms. The van der Waals surface area contributed by atoms with E-state index in [0.29, 0.717) is 11.4 Å². The molecule has 0 saturated heterocycles. The number of nitrogens with zero attached hydrogens (tertiary/aromatic N) is 3. The monoisotopic (exact) mass is 407 g/mol. The van der Waals surface area contributed by atoms with Gasteiger partial charge in [-0.2, -0.15) is 0 Å². The third-order valence-corrected chi connectivity index (χ3v) is 5.86. The van der Waals surface area contributed by atoms with E-state index >= 15 is 0 Å². The van der Waals surface area contributed by atoms with Crippen LogP contribution in [0.3, 0.4) is 0 Å². The van der Waals surface area contributed by atoms with Crippen LogP contribution in [0.4, 0.5) is 0 Å². The second-order valence-electron chi connectivity index (χ2n) is 8.56. The topological polar surface area (TPSA) is 50.9 Å². The van der Waals surface area contributed by atoms with Gasteiger partial charge in [0.05, 0.1) is 0 Å². The van der Waals surface area contributed by atoms with Gasteiger partial charge in [-0.05, 0) is 49.1 Å². The molecule has 0 unspecified atom stereocenters. The zero-order valence-electron chi connectivity index (χ0n) is 18.7. The van der Waals surface area contributed by atoms with Gasteiger partial charge < -0.3 is 5.11 Å². The maximum absolute atomic E-state index is 10.9. The van der Waals surface area contributed by atoms with Crippen molar-refractivity contribution in [1.29, 1.82) is 0 Å². The number of aromatic hydroxyl groups is 1. The summed E-state index contributed by atoms with van der Waals surface area (Å²) in [5.74, 6) is 0.313. The number of hydrogen-bond acceptors (Lipinski definition) is 3. The molecule has 1 aromatic heterocycles. The highest BCUT2D eigenvalue weighted by Gasteiger charge is 2.13. The quantitative estimate of drug-likeness (QED) is 0.303. The molecule has 162 valence electrons. The van der Waals surface area contributed by atoms with Gasteiger partial charge in [-0.1, -0.05) is 89.3 Å². The van der Waals surface area contributed by atoms with Crippen LogP contribution in [0.1, 0.15) is 88.7 Å². The summed E-state index contributed by atoms with van der Waals surface area (Å²) in [6.07, 6.45) is 15.5. The summed E-state index contributed by atoms with van der Waals surface area (Å²) in [6.45, 7) is 4.34. The summed E-state index contributed by atoms with van der Waals surface area (Å²) in [5, 5.41) is 19.9. The second-order valence-corrected chi connectivity index (χ2v) is 8.56. The summed E-state index contributed by atoms with van der Waals surface area (Å²) >= 11 is 0. The largest absolute Gasteiger partial charge is 0.505 e. The highest BCUT2D eigenvalue weighted by Crippen LogP contribution is 2.29. The number of phenols is 1. The fourth-order valence-corrected chi connectivity index (χ4v) is 4.12. The smallest absolute Gasteiger partial charge is 0.146 e. The molecule has 4 nitrogen and oxygen atoms in total. The lowest BCUT2D eigenvalue weighted by Gasteiger charge is -2.11. The molecule has 0 aliphatic carbocycles. The fraction of sp³-hybridized carbons (Fsp3) is 0.538. The van der Waals surface area contributed by atoms with Crippen LogP contribution < -0.4 is 0 Å². The Bertz CT molecular complexity index is 883. The van der Waals surface area contributed by atoms with Crippen molar-refractivity contribution in [3.05, 3.63) is 47.5 Å². The molecule has 4 heteroatoms. The molecule has 3 rings (SSSR count). The van der Waals surface area contributed by atoms with E-state index < -0.39 is 0 Å². The molecule has 0 radical (unpaired) electrons. The molecule has 0 bridgehead atoms. The van der Waals surface area contributed by atoms with Gasteiger partial charge in [0.2, 0.25) is 0 Å². The lowest BCUT2D eigenvalue weighted by atomic mass is 10.0. The van der Waals surface area contributed by atoms with E-state index in [-0.39, 0.29) is 0 Å². The summed E-state index contributed by atoms with van der Waals surface area (Å²) in [6, 6.07) is 11.8. The van der Waals surface area contributed by atoms with Crippen LogP contribution in [0.2, 0.25) is 0 Å². The van der Waals surface area contributed by atoms with E-state index in [1.54, 1.807) is 4.80 Å². The first kappa shape index (κ1) is 22.3. The molecule has 0 atom stereocenters. The predicted octanol–water partition coefficient (Wildman–Crippen LogP) is 7.29. The molecule has 3 aromatic rings. The first-order chi connectivity index (χ1) is 14.7. The summed E-state index contributed by atoms with van der Waals surface area (Å²) < 4.78 is 0. The molecular weight excluding hydrogens is 370 g/mol. The van der Waals surface area contributed by atoms with Crippen molar-refractivity contribution in [2.45, 2.75) is 90.9 Å². The van der Waals surface area contributed by atoms with E-state index in [1.165, 1.54) is 64.2 Å². The molecule has 0 amide bonds. The summed E-state index contributed by atoms with van der Waals surface area (Å²) in [7, 11) is 0. The van der Waals surface area contributed by atoms with Crippen LogP contribution in [0, 0.1) is 6.92 Å². The number of hydrogen-bond donors (Lipinski definition) is 1. The highest BCUT2D eigenvalue weighted by atomic mass is 16.3. The molecule has 1 N–H and O–H groups in total. The Morgan fingerprint density at radius 2 is 1.30 bits per heavy atom. The third kappa shape index (κ3) is 6.32. The average molecular weight is 408 g/mol. The van der Waals surface area contributed by atoms with Gasteiger partial charge in [0.1, 0.15) is 22.5 Å². The Morgan fingerprint density at radius 1 is 0.767 bits per heavy atom. The van der Waals surface area contributed by atoms with E-state index in [2.05, 4.69) is 30.1 Å². The van der Waals surface area contributed by atoms with Crippen LogP contribution in [0.15, 0.2) is 36.4 Å². The van der Waals surface area contributed by atoms with Gasteiger partial charge in [-0.3, -0.25) is 0 Å². The predicted molar refractivity (Wildman–Crippen MR) is 125 cm³/mol. The lowest BCUT2D eigenvalue weighted by molar-refractivity contribution is 0.458. The standard InChI is InChI=1S/C26H37N3O/c1-3-4-5-6-7-8-9-10-11-12-13-16-22-19-21(2)20-25(26(22)30)29-27-23-17-14-15-18-24(23)28-29/h14-15,17-20,30H,3-13,16H2,1-2H3. The Kier molecular flexibility index (Phi) is 8.73. The van der Waals surface area contributed by atoms with E-state index in [9.17, 15) is 5.11 Å². The Morgan fingerprint density at radius 3 is 1.87 bits per heavy atom. The molecule has 30 heavy (non-hydrogen) atoms. The van der Waals surface area contributed by atoms with Gasteiger partial charge >= 0.3 is 0 Å². The number of aromatic nitrogens is 3. The van der Waals surface area contributed by atoms with Gasteiger partial charge in [-0.15, -0.1) is 15.0 Å². The Labute approximate surface area is 181 Å². The Balaban J connectivity index is 1.46. The van der Waals surface area contributed by atoms with Crippen LogP contribution >= 0.6 is 0 Å². The number of rotatable bonds is 13. The van der Waals surface area contributed by atoms with Gasteiger partial charge in [0.25, 0.3) is 0 Å². The minimum atomic E-state index is 0.313. The van der Waals surface area contributed by atoms with Crippen LogP contribution in [0.25, 0.3) is 16.7 Å². The van der Waals surface area contributed by atoms with Crippen molar-refractivity contribution in [2.75, 3.05) is 0 Å². The lowest BCUT2D eigenvalue weighted by Crippen LogP contribution is -2.02. The SMILES string of the molecule is CCCCCCCCCCCCCc1cc(C)cc(-n2nc3ccccc3n2)c1O. The van der Waals surface area contributed by atoms with E-state index in [0.717, 1.165) is 35.0 Å². The van der Waals surface area contributed by atoms with Crippen LogP contribution in [-0.2, 0) is 6.42 Å². The van der Waals surface area contributed by atoms with E-state index in [1.807, 2.05) is 30.3 Å². The zero-order chi connectivity index (χ0) is 21.2. The third-order valence-electron chi connectivity index (χ3n) is 5.86. The number of aryl methyl sites for hydroxylation is 2. The zero-order valence-corrected chi connectivity index (χ0v) is 18.7. The minimum absolute atomic E-state index is 0.313. The van der Waals surface area contributed by atoms with Crippen molar-refractivity contribution in [1.82, 2.24) is 15.0 Å². The van der Waals surface area contributed by atoms with Crippen molar-refractivity contribution >= 4 is 11.0 Å². The maximum Gasteiger partial charge on any atom is 0.146 e. The number of fused-ring (bicyclic) bond motifs is 1. The molecule has 0 fully saturated rings. The maximum atomic E-state index is 10.9. The van der Waals surface area contributed by atoms with Gasteiger partial charge in [0, 0.05) is 0 Å². The van der Waals surface area contributed by atoms with Crippen LogP contribution in [0.5, 0.6) is 5.75 Å². The molecule has 0 aliphatic heterocycles. The fourth-order valence-electron chi connectivity index (χ4n) is 4.12. The van der Waals surface area contributed by atoms with Crippen molar-refractivity contribution in [3.63, 3.8) is 0 Å².